The van der Waals surface area contributed by atoms with Crippen LogP contribution in [-0.2, 0) is 4.74 Å². The molecule has 0 unspecified atom stereocenters. The second-order valence-electron chi connectivity index (χ2n) is 2.34. The van der Waals surface area contributed by atoms with Crippen LogP contribution >= 0.6 is 12.4 Å². The highest BCUT2D eigenvalue weighted by Crippen LogP contribution is 2.12. The molecule has 14 heavy (non-hydrogen) atoms. The first-order valence-corrected chi connectivity index (χ1v) is 3.52. The topological polar surface area (TPSA) is 76.2 Å². The Labute approximate surface area is 86.8 Å². The van der Waals surface area contributed by atoms with E-state index in [4.69, 9.17) is 5.41 Å². The fraction of sp³-hybridized carbons (Fsp3) is 0.125. The monoisotopic (exact) mass is 216 g/mol. The molecule has 0 aromatic heterocycles. The number of nitro groups is 1. The summed E-state index contributed by atoms with van der Waals surface area (Å²) >= 11 is 0. The van der Waals surface area contributed by atoms with E-state index in [1.807, 2.05) is 0 Å². The third kappa shape index (κ3) is 2.70. The fourth-order valence-electron chi connectivity index (χ4n) is 0.852. The van der Waals surface area contributed by atoms with Crippen LogP contribution in [0.2, 0.25) is 0 Å². The summed E-state index contributed by atoms with van der Waals surface area (Å²) in [4.78, 5) is 9.79. The van der Waals surface area contributed by atoms with Crippen molar-refractivity contribution in [2.45, 2.75) is 0 Å². The molecule has 0 aliphatic rings. The summed E-state index contributed by atoms with van der Waals surface area (Å²) in [5, 5.41) is 17.5. The number of ether oxygens (including phenoxy) is 1. The van der Waals surface area contributed by atoms with Crippen LogP contribution in [0, 0.1) is 15.5 Å². The molecule has 0 aliphatic heterocycles. The Bertz CT molecular complexity index is 337. The SMILES string of the molecule is COC(=N)c1ccc([N+](=O)[O-])cc1.Cl. The Hall–Kier alpha value is -1.62. The lowest BCUT2D eigenvalue weighted by molar-refractivity contribution is -0.384. The van der Waals surface area contributed by atoms with Crippen LogP contribution in [0.4, 0.5) is 5.69 Å². The van der Waals surface area contributed by atoms with Gasteiger partial charge in [-0.25, -0.2) is 0 Å². The van der Waals surface area contributed by atoms with E-state index in [-0.39, 0.29) is 24.0 Å². The second-order valence-corrected chi connectivity index (χ2v) is 2.34. The Morgan fingerprint density at radius 1 is 1.43 bits per heavy atom. The zero-order chi connectivity index (χ0) is 9.84. The predicted molar refractivity (Wildman–Crippen MR) is 54.2 cm³/mol. The zero-order valence-electron chi connectivity index (χ0n) is 7.39. The van der Waals surface area contributed by atoms with Crippen LogP contribution in [0.25, 0.3) is 0 Å². The Morgan fingerprint density at radius 3 is 2.29 bits per heavy atom. The van der Waals surface area contributed by atoms with Crippen molar-refractivity contribution in [3.63, 3.8) is 0 Å². The van der Waals surface area contributed by atoms with E-state index in [9.17, 15) is 10.1 Å². The Balaban J connectivity index is 0.00000169. The average molecular weight is 217 g/mol. The molecular formula is C8H9ClN2O3. The minimum atomic E-state index is -0.486. The summed E-state index contributed by atoms with van der Waals surface area (Å²) in [6, 6.07) is 5.62. The maximum atomic E-state index is 10.3. The molecule has 0 amide bonds. The molecule has 6 heteroatoms. The minimum absolute atomic E-state index is 0. The quantitative estimate of drug-likeness (QED) is 0.355. The lowest BCUT2D eigenvalue weighted by atomic mass is 10.2. The van der Waals surface area contributed by atoms with Crippen LogP contribution < -0.4 is 0 Å². The van der Waals surface area contributed by atoms with Crippen molar-refractivity contribution in [2.75, 3.05) is 7.11 Å². The number of hydrogen-bond acceptors (Lipinski definition) is 4. The highest BCUT2D eigenvalue weighted by atomic mass is 35.5. The molecule has 0 fully saturated rings. The number of benzene rings is 1. The van der Waals surface area contributed by atoms with E-state index in [2.05, 4.69) is 4.74 Å². The minimum Gasteiger partial charge on any atom is -0.481 e. The molecule has 1 aromatic rings. The standard InChI is InChI=1S/C8H8N2O3.ClH/c1-13-8(9)6-2-4-7(5-3-6)10(11)12;/h2-5,9H,1H3;1H. The van der Waals surface area contributed by atoms with Gasteiger partial charge < -0.3 is 4.74 Å². The van der Waals surface area contributed by atoms with Crippen LogP contribution in [0.3, 0.4) is 0 Å². The summed E-state index contributed by atoms with van der Waals surface area (Å²) in [6.07, 6.45) is 0. The van der Waals surface area contributed by atoms with Gasteiger partial charge in [0.2, 0.25) is 5.90 Å². The first kappa shape index (κ1) is 12.4. The van der Waals surface area contributed by atoms with Gasteiger partial charge in [-0.1, -0.05) is 0 Å². The zero-order valence-corrected chi connectivity index (χ0v) is 8.21. The van der Waals surface area contributed by atoms with Gasteiger partial charge in [0, 0.05) is 17.7 Å². The van der Waals surface area contributed by atoms with E-state index in [0.717, 1.165) is 0 Å². The number of nitrogens with one attached hydrogen (secondary N) is 1. The lowest BCUT2D eigenvalue weighted by Gasteiger charge is -2.00. The first-order chi connectivity index (χ1) is 6.15. The van der Waals surface area contributed by atoms with Crippen LogP contribution in [0.5, 0.6) is 0 Å². The second kappa shape index (κ2) is 5.18. The smallest absolute Gasteiger partial charge is 0.269 e. The molecule has 5 nitrogen and oxygen atoms in total. The highest BCUT2D eigenvalue weighted by Gasteiger charge is 2.06. The van der Waals surface area contributed by atoms with Gasteiger partial charge in [0.1, 0.15) is 0 Å². The van der Waals surface area contributed by atoms with E-state index in [0.29, 0.717) is 5.56 Å². The number of halogens is 1. The van der Waals surface area contributed by atoms with E-state index in [1.165, 1.54) is 31.4 Å². The Morgan fingerprint density at radius 2 is 1.93 bits per heavy atom. The van der Waals surface area contributed by atoms with Gasteiger partial charge >= 0.3 is 0 Å². The molecule has 1 aromatic carbocycles. The van der Waals surface area contributed by atoms with Crippen LogP contribution in [0.15, 0.2) is 24.3 Å². The van der Waals surface area contributed by atoms with Gasteiger partial charge in [0.15, 0.2) is 0 Å². The lowest BCUT2D eigenvalue weighted by Crippen LogP contribution is -2.00. The predicted octanol–water partition coefficient (Wildman–Crippen LogP) is 1.99. The summed E-state index contributed by atoms with van der Waals surface area (Å²) < 4.78 is 4.65. The molecule has 0 aliphatic carbocycles. The average Bonchev–Trinajstić information content (AvgIpc) is 2.17. The van der Waals surface area contributed by atoms with Crippen molar-refractivity contribution in [3.05, 3.63) is 39.9 Å². The number of non-ortho nitro benzene ring substituents is 1. The number of methoxy groups -OCH3 is 1. The molecule has 0 atom stereocenters. The van der Waals surface area contributed by atoms with Crippen molar-refractivity contribution in [2.24, 2.45) is 0 Å². The largest absolute Gasteiger partial charge is 0.481 e. The number of nitro benzene ring substituents is 1. The molecule has 0 saturated carbocycles. The normalized spacial score (nSPS) is 8.64. The van der Waals surface area contributed by atoms with Gasteiger partial charge in [-0.3, -0.25) is 15.5 Å². The van der Waals surface area contributed by atoms with E-state index < -0.39 is 4.92 Å². The van der Waals surface area contributed by atoms with Crippen molar-refractivity contribution >= 4 is 24.0 Å². The van der Waals surface area contributed by atoms with E-state index in [1.54, 1.807) is 0 Å². The molecule has 0 spiro atoms. The molecule has 76 valence electrons. The van der Waals surface area contributed by atoms with Crippen LogP contribution in [-0.4, -0.2) is 17.9 Å². The molecule has 0 bridgehead atoms. The first-order valence-electron chi connectivity index (χ1n) is 3.52. The van der Waals surface area contributed by atoms with Crippen molar-refractivity contribution in [1.82, 2.24) is 0 Å². The van der Waals surface area contributed by atoms with Crippen LogP contribution in [0.1, 0.15) is 5.56 Å². The number of rotatable bonds is 2. The fourth-order valence-corrected chi connectivity index (χ4v) is 0.852. The molecule has 1 rings (SSSR count). The maximum absolute atomic E-state index is 10.3. The maximum Gasteiger partial charge on any atom is 0.269 e. The molecule has 0 heterocycles. The summed E-state index contributed by atoms with van der Waals surface area (Å²) in [7, 11) is 1.38. The van der Waals surface area contributed by atoms with Crippen molar-refractivity contribution in [1.29, 1.82) is 5.41 Å². The summed E-state index contributed by atoms with van der Waals surface area (Å²) in [6.45, 7) is 0. The van der Waals surface area contributed by atoms with Gasteiger partial charge in [-0.15, -0.1) is 12.4 Å². The number of hydrogen-bond donors (Lipinski definition) is 1. The molecule has 0 saturated heterocycles. The van der Waals surface area contributed by atoms with Gasteiger partial charge in [-0.2, -0.15) is 0 Å². The van der Waals surface area contributed by atoms with Crippen molar-refractivity contribution in [3.8, 4) is 0 Å². The Kier molecular flexibility index (Phi) is 4.58. The molecule has 1 N–H and O–H groups in total. The van der Waals surface area contributed by atoms with Gasteiger partial charge in [0.25, 0.3) is 5.69 Å². The molecule has 0 radical (unpaired) electrons. The third-order valence-electron chi connectivity index (χ3n) is 1.54. The van der Waals surface area contributed by atoms with E-state index >= 15 is 0 Å². The highest BCUT2D eigenvalue weighted by molar-refractivity contribution is 5.91. The summed E-state index contributed by atoms with van der Waals surface area (Å²) in [5.41, 5.74) is 0.528. The third-order valence-corrected chi connectivity index (χ3v) is 1.54. The summed E-state index contributed by atoms with van der Waals surface area (Å²) in [5.74, 6) is -0.00472. The van der Waals surface area contributed by atoms with Crippen molar-refractivity contribution < 1.29 is 9.66 Å². The van der Waals surface area contributed by atoms with Gasteiger partial charge in [0.05, 0.1) is 12.0 Å². The van der Waals surface area contributed by atoms with Gasteiger partial charge in [-0.05, 0) is 12.1 Å². The number of nitrogens with zero attached hydrogens (tertiary/aromatic N) is 1. The molecular weight excluding hydrogens is 208 g/mol.